The number of amides is 2. The average Bonchev–Trinajstić information content (AvgIpc) is 2.80. The summed E-state index contributed by atoms with van der Waals surface area (Å²) in [5, 5.41) is 10.5. The number of anilines is 1. The van der Waals surface area contributed by atoms with Crippen molar-refractivity contribution in [2.24, 2.45) is 7.05 Å². The zero-order valence-electron chi connectivity index (χ0n) is 13.0. The van der Waals surface area contributed by atoms with Crippen LogP contribution in [0.4, 0.5) is 10.5 Å². The van der Waals surface area contributed by atoms with Gasteiger partial charge in [-0.3, -0.25) is 9.67 Å². The fourth-order valence-electron chi connectivity index (χ4n) is 2.42. The van der Waals surface area contributed by atoms with Gasteiger partial charge in [0.1, 0.15) is 0 Å². The Kier molecular flexibility index (Phi) is 5.38. The van der Waals surface area contributed by atoms with Crippen molar-refractivity contribution in [2.75, 3.05) is 5.32 Å². The van der Waals surface area contributed by atoms with Crippen LogP contribution in [0.25, 0.3) is 0 Å². The molecular weight excluding hydrogens is 302 g/mol. The number of aryl methyl sites for hydroxylation is 2. The van der Waals surface area contributed by atoms with Crippen LogP contribution in [0.5, 0.6) is 0 Å². The number of urea groups is 1. The second-order valence-corrected chi connectivity index (χ2v) is 5.34. The van der Waals surface area contributed by atoms with Crippen LogP contribution in [-0.4, -0.2) is 20.8 Å². The Morgan fingerprint density at radius 1 is 1.32 bits per heavy atom. The van der Waals surface area contributed by atoms with Crippen LogP contribution in [0.3, 0.4) is 0 Å². The first-order valence-corrected chi connectivity index (χ1v) is 7.62. The Morgan fingerprint density at radius 2 is 2.09 bits per heavy atom. The predicted molar refractivity (Wildman–Crippen MR) is 87.1 cm³/mol. The number of carbonyl (C=O) groups is 1. The van der Waals surface area contributed by atoms with Crippen molar-refractivity contribution < 1.29 is 4.79 Å². The van der Waals surface area contributed by atoms with Gasteiger partial charge >= 0.3 is 6.03 Å². The zero-order valence-corrected chi connectivity index (χ0v) is 13.7. The van der Waals surface area contributed by atoms with Gasteiger partial charge in [0.25, 0.3) is 0 Å². The van der Waals surface area contributed by atoms with Gasteiger partial charge in [0.15, 0.2) is 0 Å². The molecule has 0 spiro atoms. The van der Waals surface area contributed by atoms with E-state index in [9.17, 15) is 4.79 Å². The fourth-order valence-corrected chi connectivity index (χ4v) is 2.59. The van der Waals surface area contributed by atoms with Gasteiger partial charge in [0.05, 0.1) is 22.6 Å². The number of aromatic nitrogens is 3. The molecule has 7 heteroatoms. The molecule has 0 atom stereocenters. The lowest BCUT2D eigenvalue weighted by molar-refractivity contribution is 0.251. The van der Waals surface area contributed by atoms with E-state index in [1.54, 1.807) is 12.3 Å². The lowest BCUT2D eigenvalue weighted by atomic mass is 10.1. The third-order valence-corrected chi connectivity index (χ3v) is 3.62. The molecule has 2 aromatic heterocycles. The lowest BCUT2D eigenvalue weighted by Crippen LogP contribution is -2.28. The molecule has 6 nitrogen and oxygen atoms in total. The standard InChI is InChI=1S/C15H20ClN5O/c1-4-13-12(14(5-2)21(3)20-13)9-18-15(22)19-11-6-10(16)7-17-8-11/h6-8H,4-5,9H2,1-3H3,(H2,18,19,22). The highest BCUT2D eigenvalue weighted by molar-refractivity contribution is 6.30. The molecule has 0 radical (unpaired) electrons. The van der Waals surface area contributed by atoms with E-state index in [0.717, 1.165) is 29.8 Å². The van der Waals surface area contributed by atoms with Gasteiger partial charge in [-0.2, -0.15) is 5.10 Å². The van der Waals surface area contributed by atoms with Crippen LogP contribution in [0.15, 0.2) is 18.5 Å². The number of halogens is 1. The van der Waals surface area contributed by atoms with Crippen LogP contribution in [0, 0.1) is 0 Å². The molecule has 2 N–H and O–H groups in total. The van der Waals surface area contributed by atoms with Gasteiger partial charge in [0, 0.05) is 31.0 Å². The lowest BCUT2D eigenvalue weighted by Gasteiger charge is -2.09. The van der Waals surface area contributed by atoms with E-state index in [4.69, 9.17) is 11.6 Å². The summed E-state index contributed by atoms with van der Waals surface area (Å²) in [5.74, 6) is 0. The van der Waals surface area contributed by atoms with Crippen LogP contribution in [0.2, 0.25) is 5.02 Å². The monoisotopic (exact) mass is 321 g/mol. The van der Waals surface area contributed by atoms with Crippen molar-refractivity contribution in [3.05, 3.63) is 40.4 Å². The number of hydrogen-bond acceptors (Lipinski definition) is 3. The first-order valence-electron chi connectivity index (χ1n) is 7.24. The van der Waals surface area contributed by atoms with Crippen LogP contribution in [0.1, 0.15) is 30.8 Å². The van der Waals surface area contributed by atoms with Gasteiger partial charge in [-0.1, -0.05) is 25.4 Å². The molecular formula is C15H20ClN5O. The number of nitrogens with one attached hydrogen (secondary N) is 2. The molecule has 118 valence electrons. The van der Waals surface area contributed by atoms with E-state index >= 15 is 0 Å². The largest absolute Gasteiger partial charge is 0.334 e. The normalized spacial score (nSPS) is 10.5. The topological polar surface area (TPSA) is 71.8 Å². The van der Waals surface area contributed by atoms with Gasteiger partial charge in [0.2, 0.25) is 0 Å². The predicted octanol–water partition coefficient (Wildman–Crippen LogP) is 2.92. The van der Waals surface area contributed by atoms with Crippen molar-refractivity contribution in [1.29, 1.82) is 0 Å². The SMILES string of the molecule is CCc1nn(C)c(CC)c1CNC(=O)Nc1cncc(Cl)c1. The Bertz CT molecular complexity index is 668. The molecule has 0 saturated carbocycles. The van der Waals surface area contributed by atoms with Crippen molar-refractivity contribution in [1.82, 2.24) is 20.1 Å². The Balaban J connectivity index is 2.02. The second-order valence-electron chi connectivity index (χ2n) is 4.90. The summed E-state index contributed by atoms with van der Waals surface area (Å²) in [6, 6.07) is 1.35. The highest BCUT2D eigenvalue weighted by Gasteiger charge is 2.14. The first-order chi connectivity index (χ1) is 10.5. The summed E-state index contributed by atoms with van der Waals surface area (Å²) in [5.41, 5.74) is 3.81. The van der Waals surface area contributed by atoms with Crippen LogP contribution < -0.4 is 10.6 Å². The first kappa shape index (κ1) is 16.3. The van der Waals surface area contributed by atoms with Gasteiger partial charge in [-0.15, -0.1) is 0 Å². The third-order valence-electron chi connectivity index (χ3n) is 3.42. The molecule has 0 saturated heterocycles. The number of rotatable bonds is 5. The van der Waals surface area contributed by atoms with E-state index in [-0.39, 0.29) is 6.03 Å². The minimum Gasteiger partial charge on any atom is -0.334 e. The minimum atomic E-state index is -0.294. The molecule has 22 heavy (non-hydrogen) atoms. The molecule has 0 bridgehead atoms. The summed E-state index contributed by atoms with van der Waals surface area (Å²) >= 11 is 5.84. The Morgan fingerprint density at radius 3 is 2.73 bits per heavy atom. The Labute approximate surface area is 134 Å². The molecule has 2 rings (SSSR count). The smallest absolute Gasteiger partial charge is 0.319 e. The number of hydrogen-bond donors (Lipinski definition) is 2. The highest BCUT2D eigenvalue weighted by Crippen LogP contribution is 2.16. The molecule has 2 aromatic rings. The quantitative estimate of drug-likeness (QED) is 0.889. The molecule has 0 unspecified atom stereocenters. The summed E-state index contributed by atoms with van der Waals surface area (Å²) in [7, 11) is 1.93. The van der Waals surface area contributed by atoms with E-state index in [2.05, 4.69) is 34.6 Å². The van der Waals surface area contributed by atoms with Crippen molar-refractivity contribution >= 4 is 23.3 Å². The summed E-state index contributed by atoms with van der Waals surface area (Å²) < 4.78 is 1.88. The number of carbonyl (C=O) groups excluding carboxylic acids is 1. The van der Waals surface area contributed by atoms with Crippen LogP contribution >= 0.6 is 11.6 Å². The van der Waals surface area contributed by atoms with Gasteiger partial charge in [-0.05, 0) is 18.9 Å². The number of nitrogens with zero attached hydrogens (tertiary/aromatic N) is 3. The second kappa shape index (κ2) is 7.26. The highest BCUT2D eigenvalue weighted by atomic mass is 35.5. The van der Waals surface area contributed by atoms with Gasteiger partial charge < -0.3 is 10.6 Å². The number of pyridine rings is 1. The molecule has 0 fully saturated rings. The maximum Gasteiger partial charge on any atom is 0.319 e. The van der Waals surface area contributed by atoms with Crippen molar-refractivity contribution in [2.45, 2.75) is 33.2 Å². The molecule has 0 aromatic carbocycles. The zero-order chi connectivity index (χ0) is 16.1. The maximum absolute atomic E-state index is 12.0. The molecule has 0 aliphatic heterocycles. The average molecular weight is 322 g/mol. The van der Waals surface area contributed by atoms with Crippen molar-refractivity contribution in [3.8, 4) is 0 Å². The molecule has 2 amide bonds. The fraction of sp³-hybridized carbons (Fsp3) is 0.400. The summed E-state index contributed by atoms with van der Waals surface area (Å²) in [6.07, 6.45) is 4.77. The van der Waals surface area contributed by atoms with Gasteiger partial charge in [-0.25, -0.2) is 4.79 Å². The molecule has 0 aliphatic rings. The van der Waals surface area contributed by atoms with E-state index in [0.29, 0.717) is 17.3 Å². The Hall–Kier alpha value is -2.08. The summed E-state index contributed by atoms with van der Waals surface area (Å²) in [6.45, 7) is 4.58. The summed E-state index contributed by atoms with van der Waals surface area (Å²) in [4.78, 5) is 15.9. The van der Waals surface area contributed by atoms with E-state index < -0.39 is 0 Å². The van der Waals surface area contributed by atoms with Crippen molar-refractivity contribution in [3.63, 3.8) is 0 Å². The maximum atomic E-state index is 12.0. The van der Waals surface area contributed by atoms with E-state index in [1.165, 1.54) is 6.20 Å². The molecule has 2 heterocycles. The minimum absolute atomic E-state index is 0.294. The third kappa shape index (κ3) is 3.76. The van der Waals surface area contributed by atoms with Crippen LogP contribution in [-0.2, 0) is 26.4 Å². The molecule has 0 aliphatic carbocycles. The van der Waals surface area contributed by atoms with E-state index in [1.807, 2.05) is 11.7 Å².